The van der Waals surface area contributed by atoms with Crippen LogP contribution in [0, 0.1) is 0 Å². The molecule has 0 amide bonds. The Kier molecular flexibility index (Phi) is 8.48. The summed E-state index contributed by atoms with van der Waals surface area (Å²) < 4.78 is 26.7. The van der Waals surface area contributed by atoms with Gasteiger partial charge < -0.3 is 29.8 Å². The zero-order valence-electron chi connectivity index (χ0n) is 11.7. The maximum absolute atomic E-state index is 12.4. The van der Waals surface area contributed by atoms with Crippen molar-refractivity contribution in [2.75, 3.05) is 24.2 Å². The molecular weight excluding hydrogens is 365 g/mol. The van der Waals surface area contributed by atoms with Crippen LogP contribution < -0.4 is 16.2 Å². The van der Waals surface area contributed by atoms with Gasteiger partial charge in [0.25, 0.3) is 12.9 Å². The average molecular weight is 380 g/mol. The highest BCUT2D eigenvalue weighted by Crippen LogP contribution is 2.77. The van der Waals surface area contributed by atoms with E-state index in [0.717, 1.165) is 0 Å². The monoisotopic (exact) mass is 380 g/mol. The third-order valence-electron chi connectivity index (χ3n) is 2.09. The zero-order chi connectivity index (χ0) is 17.1. The second-order valence-electron chi connectivity index (χ2n) is 3.80. The van der Waals surface area contributed by atoms with Crippen molar-refractivity contribution >= 4 is 48.2 Å². The molecule has 0 saturated carbocycles. The number of ether oxygens (including phenoxy) is 1. The summed E-state index contributed by atoms with van der Waals surface area (Å²) in [5.74, 6) is 0.383. The summed E-state index contributed by atoms with van der Waals surface area (Å²) in [6, 6.07) is 1.41. The molecule has 1 heterocycles. The normalized spacial score (nSPS) is 14.3. The van der Waals surface area contributed by atoms with Crippen LogP contribution in [0.3, 0.4) is 0 Å². The second-order valence-corrected chi connectivity index (χ2v) is 13.3. The molecule has 4 N–H and O–H groups in total. The van der Waals surface area contributed by atoms with Gasteiger partial charge in [-0.3, -0.25) is 9.59 Å². The van der Waals surface area contributed by atoms with E-state index in [1.165, 1.54) is 6.07 Å². The van der Waals surface area contributed by atoms with Crippen molar-refractivity contribution in [3.63, 3.8) is 0 Å². The second kappa shape index (κ2) is 10.1. The highest BCUT2D eigenvalue weighted by Gasteiger charge is 2.24. The van der Waals surface area contributed by atoms with E-state index in [2.05, 4.69) is 19.0 Å². The number of hydrogen-bond acceptors (Lipinski definition) is 10. The standard InChI is InChI=1S/C10H15N4O6P3/c11-8-5-9(14-10(12)13-8)18-3-1-2-4-23(17,21-19-6-15)22-20-7-16/h1-2,5-7,21-22H,3-4H2,(H4,11,12,13,14)/b2-1+. The lowest BCUT2D eigenvalue weighted by Crippen LogP contribution is -2.03. The highest BCUT2D eigenvalue weighted by molar-refractivity contribution is 8.53. The SMILES string of the molecule is Nc1cc(OC/C=C/CP(=O)(POC=O)POC=O)nc(N)n1. The Bertz CT molecular complexity index is 578. The van der Waals surface area contributed by atoms with E-state index in [-0.39, 0.29) is 43.4 Å². The van der Waals surface area contributed by atoms with Gasteiger partial charge in [0.15, 0.2) is 0 Å². The van der Waals surface area contributed by atoms with Crippen LogP contribution in [0.2, 0.25) is 0 Å². The molecular formula is C10H15N4O6P3. The zero-order valence-corrected chi connectivity index (χ0v) is 14.6. The maximum atomic E-state index is 12.4. The number of carbonyl (C=O) groups is 2. The van der Waals surface area contributed by atoms with Crippen LogP contribution in [0.15, 0.2) is 18.2 Å². The fraction of sp³-hybridized carbons (Fsp3) is 0.200. The summed E-state index contributed by atoms with van der Waals surface area (Å²) in [5, 5.41) is 0. The number of anilines is 2. The van der Waals surface area contributed by atoms with Crippen molar-refractivity contribution in [3.8, 4) is 5.88 Å². The first-order valence-electron chi connectivity index (χ1n) is 5.99. The molecule has 0 fully saturated rings. The molecule has 0 aliphatic rings. The van der Waals surface area contributed by atoms with Gasteiger partial charge in [0.1, 0.15) is 29.4 Å². The van der Waals surface area contributed by atoms with Crippen molar-refractivity contribution < 1.29 is 27.9 Å². The summed E-state index contributed by atoms with van der Waals surface area (Å²) in [6.45, 7) is -2.41. The highest BCUT2D eigenvalue weighted by atomic mass is 32.5. The number of allylic oxidation sites excluding steroid dienone is 1. The van der Waals surface area contributed by atoms with E-state index in [1.54, 1.807) is 12.2 Å². The van der Waals surface area contributed by atoms with Crippen molar-refractivity contribution in [2.45, 2.75) is 0 Å². The van der Waals surface area contributed by atoms with E-state index < -0.39 is 23.5 Å². The molecule has 126 valence electrons. The summed E-state index contributed by atoms with van der Waals surface area (Å²) >= 11 is 0. The van der Waals surface area contributed by atoms with Crippen LogP contribution in [0.5, 0.6) is 5.88 Å². The molecule has 2 atom stereocenters. The quantitative estimate of drug-likeness (QED) is 0.326. The van der Waals surface area contributed by atoms with Crippen LogP contribution in [0.25, 0.3) is 0 Å². The van der Waals surface area contributed by atoms with Gasteiger partial charge in [-0.2, -0.15) is 9.97 Å². The molecule has 0 aliphatic heterocycles. The Morgan fingerprint density at radius 2 is 1.78 bits per heavy atom. The molecule has 0 bridgehead atoms. The minimum Gasteiger partial charge on any atom is -0.473 e. The van der Waals surface area contributed by atoms with E-state index in [9.17, 15) is 14.2 Å². The summed E-state index contributed by atoms with van der Waals surface area (Å²) in [7, 11) is -1.12. The largest absolute Gasteiger partial charge is 0.473 e. The maximum Gasteiger partial charge on any atom is 0.295 e. The number of nitrogen functional groups attached to an aromatic ring is 2. The Morgan fingerprint density at radius 3 is 2.35 bits per heavy atom. The smallest absolute Gasteiger partial charge is 0.295 e. The van der Waals surface area contributed by atoms with Crippen LogP contribution in [0.1, 0.15) is 0 Å². The van der Waals surface area contributed by atoms with Crippen molar-refractivity contribution in [1.82, 2.24) is 9.97 Å². The van der Waals surface area contributed by atoms with Gasteiger partial charge in [-0.15, -0.1) is 0 Å². The topological polar surface area (TPSA) is 157 Å². The van der Waals surface area contributed by atoms with Crippen LogP contribution in [-0.4, -0.2) is 35.7 Å². The van der Waals surface area contributed by atoms with Crippen molar-refractivity contribution in [2.24, 2.45) is 0 Å². The molecule has 0 aliphatic carbocycles. The number of nitrogens with zero attached hydrogens (tertiary/aromatic N) is 2. The van der Waals surface area contributed by atoms with E-state index in [1.807, 2.05) is 0 Å². The van der Waals surface area contributed by atoms with Gasteiger partial charge in [0, 0.05) is 12.2 Å². The van der Waals surface area contributed by atoms with Crippen LogP contribution in [-0.2, 0) is 23.2 Å². The first-order chi connectivity index (χ1) is 11.0. The van der Waals surface area contributed by atoms with E-state index in [4.69, 9.17) is 16.2 Å². The van der Waals surface area contributed by atoms with Gasteiger partial charge in [0.05, 0.1) is 0 Å². The van der Waals surface area contributed by atoms with Crippen molar-refractivity contribution in [3.05, 3.63) is 18.2 Å². The molecule has 0 aromatic carbocycles. The molecule has 0 spiro atoms. The Balaban J connectivity index is 2.49. The minimum absolute atomic E-state index is 0.00657. The molecule has 13 heteroatoms. The molecule has 23 heavy (non-hydrogen) atoms. The predicted molar refractivity (Wildman–Crippen MR) is 88.9 cm³/mol. The first kappa shape index (κ1) is 19.3. The Labute approximate surface area is 135 Å². The first-order valence-corrected chi connectivity index (χ1v) is 11.4. The lowest BCUT2D eigenvalue weighted by molar-refractivity contribution is -0.120. The number of carbonyl (C=O) groups excluding carboxylic acids is 2. The molecule has 1 rings (SSSR count). The van der Waals surface area contributed by atoms with Gasteiger partial charge >= 0.3 is 0 Å². The molecule has 1 aromatic rings. The predicted octanol–water partition coefficient (Wildman–Crippen LogP) is 1.30. The van der Waals surface area contributed by atoms with Gasteiger partial charge in [-0.05, 0) is 0 Å². The van der Waals surface area contributed by atoms with Gasteiger partial charge in [-0.25, -0.2) is 0 Å². The fourth-order valence-corrected chi connectivity index (χ4v) is 6.08. The minimum atomic E-state index is -2.94. The lowest BCUT2D eigenvalue weighted by Gasteiger charge is -2.12. The summed E-state index contributed by atoms with van der Waals surface area (Å²) in [6.07, 6.45) is 3.28. The number of rotatable bonds is 11. The molecule has 0 saturated heterocycles. The average Bonchev–Trinajstić information content (AvgIpc) is 2.50. The number of aromatic nitrogens is 2. The molecule has 1 aromatic heterocycles. The fourth-order valence-electron chi connectivity index (χ4n) is 1.27. The Hall–Kier alpha value is -1.75. The van der Waals surface area contributed by atoms with E-state index >= 15 is 0 Å². The molecule has 10 nitrogen and oxygen atoms in total. The van der Waals surface area contributed by atoms with Gasteiger partial charge in [0.2, 0.25) is 18.3 Å². The number of nitrogens with two attached hydrogens (primary N) is 2. The summed E-state index contributed by atoms with van der Waals surface area (Å²) in [4.78, 5) is 27.9. The number of hydrogen-bond donors (Lipinski definition) is 2. The summed E-state index contributed by atoms with van der Waals surface area (Å²) in [5.41, 5.74) is 10.9. The third kappa shape index (κ3) is 7.88. The lowest BCUT2D eigenvalue weighted by atomic mass is 10.5. The van der Waals surface area contributed by atoms with Crippen LogP contribution in [0.4, 0.5) is 11.8 Å². The van der Waals surface area contributed by atoms with E-state index in [0.29, 0.717) is 0 Å². The van der Waals surface area contributed by atoms with Crippen LogP contribution >= 0.6 is 23.5 Å². The Morgan fingerprint density at radius 1 is 1.13 bits per heavy atom. The molecule has 2 unspecified atom stereocenters. The molecule has 0 radical (unpaired) electrons. The van der Waals surface area contributed by atoms with Crippen molar-refractivity contribution in [1.29, 1.82) is 0 Å². The third-order valence-corrected chi connectivity index (χ3v) is 8.95. The van der Waals surface area contributed by atoms with Gasteiger partial charge in [-0.1, -0.05) is 12.2 Å².